The number of hydrogen-bond donors (Lipinski definition) is 2. The highest BCUT2D eigenvalue weighted by Gasteiger charge is 2.20. The van der Waals surface area contributed by atoms with Crippen molar-refractivity contribution < 1.29 is 19.1 Å². The number of nitrogens with two attached hydrogens (primary N) is 1. The predicted molar refractivity (Wildman–Crippen MR) is 128 cm³/mol. The van der Waals surface area contributed by atoms with Crippen LogP contribution < -0.4 is 20.5 Å². The Morgan fingerprint density at radius 1 is 0.941 bits per heavy atom. The van der Waals surface area contributed by atoms with Crippen LogP contribution in [-0.4, -0.2) is 35.8 Å². The number of para-hydroxylation sites is 1. The summed E-state index contributed by atoms with van der Waals surface area (Å²) < 4.78 is 12.4. The Bertz CT molecular complexity index is 1310. The summed E-state index contributed by atoms with van der Waals surface area (Å²) in [4.78, 5) is 24.5. The molecule has 0 unspecified atom stereocenters. The molecule has 4 aromatic rings. The molecule has 0 fully saturated rings. The molecule has 0 spiro atoms. The van der Waals surface area contributed by atoms with E-state index in [2.05, 4.69) is 5.32 Å². The second-order valence-corrected chi connectivity index (χ2v) is 7.49. The molecule has 172 valence electrons. The molecule has 8 heteroatoms. The lowest BCUT2D eigenvalue weighted by atomic mass is 10.1. The Kier molecular flexibility index (Phi) is 6.59. The number of nitrogens with one attached hydrogen (secondary N) is 1. The van der Waals surface area contributed by atoms with Crippen LogP contribution in [-0.2, 0) is 6.54 Å². The molecule has 0 radical (unpaired) electrons. The van der Waals surface area contributed by atoms with Crippen LogP contribution in [0.4, 0.5) is 0 Å². The molecule has 0 aliphatic heterocycles. The zero-order valence-corrected chi connectivity index (χ0v) is 18.8. The first-order chi connectivity index (χ1) is 16.5. The fourth-order valence-corrected chi connectivity index (χ4v) is 3.51. The van der Waals surface area contributed by atoms with E-state index in [9.17, 15) is 9.59 Å². The van der Waals surface area contributed by atoms with Gasteiger partial charge in [0.1, 0.15) is 5.69 Å². The van der Waals surface area contributed by atoms with Gasteiger partial charge in [0.25, 0.3) is 5.91 Å². The smallest absolute Gasteiger partial charge is 0.255 e. The highest BCUT2D eigenvalue weighted by molar-refractivity contribution is 6.00. The van der Waals surface area contributed by atoms with Gasteiger partial charge < -0.3 is 20.5 Å². The van der Waals surface area contributed by atoms with Crippen LogP contribution >= 0.6 is 0 Å². The van der Waals surface area contributed by atoms with Crippen molar-refractivity contribution in [3.05, 3.63) is 95.7 Å². The number of nitrogens with zero attached hydrogens (tertiary/aromatic N) is 2. The van der Waals surface area contributed by atoms with E-state index in [-0.39, 0.29) is 12.5 Å². The van der Waals surface area contributed by atoms with Gasteiger partial charge in [-0.2, -0.15) is 5.10 Å². The van der Waals surface area contributed by atoms with Crippen LogP contribution in [0, 0.1) is 0 Å². The van der Waals surface area contributed by atoms with Crippen molar-refractivity contribution in [3.8, 4) is 28.4 Å². The van der Waals surface area contributed by atoms with E-state index >= 15 is 0 Å². The maximum atomic E-state index is 13.2. The van der Waals surface area contributed by atoms with Gasteiger partial charge in [0.2, 0.25) is 5.91 Å². The van der Waals surface area contributed by atoms with Gasteiger partial charge in [0.05, 0.1) is 25.5 Å². The fourth-order valence-electron chi connectivity index (χ4n) is 3.51. The number of aromatic nitrogens is 2. The number of rotatable bonds is 8. The van der Waals surface area contributed by atoms with Crippen LogP contribution in [0.1, 0.15) is 26.3 Å². The molecule has 1 aromatic heterocycles. The van der Waals surface area contributed by atoms with E-state index in [0.29, 0.717) is 33.9 Å². The Hall–Kier alpha value is -4.59. The fraction of sp³-hybridized carbons (Fsp3) is 0.115. The van der Waals surface area contributed by atoms with Crippen LogP contribution in [0.3, 0.4) is 0 Å². The molecule has 3 N–H and O–H groups in total. The van der Waals surface area contributed by atoms with Crippen molar-refractivity contribution in [2.75, 3.05) is 14.2 Å². The molecular weight excluding hydrogens is 432 g/mol. The largest absolute Gasteiger partial charge is 0.493 e. The van der Waals surface area contributed by atoms with Crippen LogP contribution in [0.25, 0.3) is 16.9 Å². The van der Waals surface area contributed by atoms with Gasteiger partial charge >= 0.3 is 0 Å². The molecule has 0 atom stereocenters. The number of ether oxygens (including phenoxy) is 2. The molecule has 34 heavy (non-hydrogen) atoms. The average molecular weight is 457 g/mol. The van der Waals surface area contributed by atoms with Crippen LogP contribution in [0.5, 0.6) is 11.5 Å². The molecule has 1 heterocycles. The summed E-state index contributed by atoms with van der Waals surface area (Å²) in [7, 11) is 3.12. The van der Waals surface area contributed by atoms with E-state index in [1.54, 1.807) is 61.5 Å². The zero-order valence-electron chi connectivity index (χ0n) is 18.8. The van der Waals surface area contributed by atoms with E-state index < -0.39 is 5.91 Å². The zero-order chi connectivity index (χ0) is 24.1. The number of carbonyl (C=O) groups is 2. The van der Waals surface area contributed by atoms with Gasteiger partial charge in [-0.05, 0) is 48.0 Å². The summed E-state index contributed by atoms with van der Waals surface area (Å²) in [6.45, 7) is 0.278. The molecule has 8 nitrogen and oxygen atoms in total. The number of methoxy groups -OCH3 is 2. The molecule has 4 rings (SSSR count). The Balaban J connectivity index is 1.67. The Morgan fingerprint density at radius 2 is 1.65 bits per heavy atom. The second-order valence-electron chi connectivity index (χ2n) is 7.49. The number of primary amides is 1. The summed E-state index contributed by atoms with van der Waals surface area (Å²) >= 11 is 0. The first-order valence-corrected chi connectivity index (χ1v) is 10.5. The lowest BCUT2D eigenvalue weighted by molar-refractivity contribution is 0.0950. The van der Waals surface area contributed by atoms with Crippen molar-refractivity contribution in [1.29, 1.82) is 0 Å². The lowest BCUT2D eigenvalue weighted by Crippen LogP contribution is -2.23. The van der Waals surface area contributed by atoms with Crippen molar-refractivity contribution in [2.45, 2.75) is 6.54 Å². The number of hydrogen-bond acceptors (Lipinski definition) is 5. The minimum absolute atomic E-state index is 0.278. The third kappa shape index (κ3) is 4.75. The van der Waals surface area contributed by atoms with E-state index in [1.807, 2.05) is 36.4 Å². The van der Waals surface area contributed by atoms with Crippen molar-refractivity contribution >= 4 is 11.8 Å². The predicted octanol–water partition coefficient (Wildman–Crippen LogP) is 3.59. The molecular formula is C26H24N4O4. The Labute approximate surface area is 196 Å². The molecule has 0 saturated carbocycles. The van der Waals surface area contributed by atoms with Gasteiger partial charge in [-0.3, -0.25) is 9.59 Å². The number of benzene rings is 3. The molecule has 0 bridgehead atoms. The second kappa shape index (κ2) is 9.91. The standard InChI is InChI=1S/C26H24N4O4/c1-33-22-13-12-19(14-23(22)34-2)24-21(16-30(29-24)20-6-4-3-5-7-20)26(32)28-15-17-8-10-18(11-9-17)25(27)31/h3-14,16H,15H2,1-2H3,(H2,27,31)(H,28,32). The van der Waals surface area contributed by atoms with Gasteiger partial charge in [0.15, 0.2) is 11.5 Å². The van der Waals surface area contributed by atoms with Gasteiger partial charge in [0, 0.05) is 23.9 Å². The topological polar surface area (TPSA) is 108 Å². The Morgan fingerprint density at radius 3 is 2.29 bits per heavy atom. The van der Waals surface area contributed by atoms with Crippen molar-refractivity contribution in [1.82, 2.24) is 15.1 Å². The first kappa shape index (κ1) is 22.6. The average Bonchev–Trinajstić information content (AvgIpc) is 3.33. The van der Waals surface area contributed by atoms with Gasteiger partial charge in [-0.15, -0.1) is 0 Å². The minimum Gasteiger partial charge on any atom is -0.493 e. The highest BCUT2D eigenvalue weighted by Crippen LogP contribution is 2.33. The molecule has 3 aromatic carbocycles. The monoisotopic (exact) mass is 456 g/mol. The number of carbonyl (C=O) groups excluding carboxylic acids is 2. The van der Waals surface area contributed by atoms with Crippen LogP contribution in [0.15, 0.2) is 79.0 Å². The van der Waals surface area contributed by atoms with Gasteiger partial charge in [-0.1, -0.05) is 30.3 Å². The lowest BCUT2D eigenvalue weighted by Gasteiger charge is -2.10. The summed E-state index contributed by atoms with van der Waals surface area (Å²) in [5.74, 6) is 0.337. The quantitative estimate of drug-likeness (QED) is 0.421. The number of amides is 2. The summed E-state index contributed by atoms with van der Waals surface area (Å²) in [5.41, 5.74) is 8.98. The molecule has 0 aliphatic rings. The van der Waals surface area contributed by atoms with E-state index in [1.165, 1.54) is 0 Å². The third-order valence-corrected chi connectivity index (χ3v) is 5.33. The normalized spacial score (nSPS) is 10.5. The molecule has 0 aliphatic carbocycles. The first-order valence-electron chi connectivity index (χ1n) is 10.5. The maximum absolute atomic E-state index is 13.2. The third-order valence-electron chi connectivity index (χ3n) is 5.33. The summed E-state index contributed by atoms with van der Waals surface area (Å²) in [5, 5.41) is 7.62. The SMILES string of the molecule is COc1ccc(-c2nn(-c3ccccc3)cc2C(=O)NCc2ccc(C(N)=O)cc2)cc1OC. The van der Waals surface area contributed by atoms with E-state index in [0.717, 1.165) is 11.3 Å². The van der Waals surface area contributed by atoms with Gasteiger partial charge in [-0.25, -0.2) is 4.68 Å². The van der Waals surface area contributed by atoms with Crippen LogP contribution in [0.2, 0.25) is 0 Å². The summed E-state index contributed by atoms with van der Waals surface area (Å²) in [6.07, 6.45) is 1.70. The molecule has 0 saturated heterocycles. The maximum Gasteiger partial charge on any atom is 0.255 e. The van der Waals surface area contributed by atoms with Crippen molar-refractivity contribution in [2.24, 2.45) is 5.73 Å². The minimum atomic E-state index is -0.497. The summed E-state index contributed by atoms with van der Waals surface area (Å²) in [6, 6.07) is 21.7. The molecule has 2 amide bonds. The van der Waals surface area contributed by atoms with Crippen molar-refractivity contribution in [3.63, 3.8) is 0 Å². The highest BCUT2D eigenvalue weighted by atomic mass is 16.5. The van der Waals surface area contributed by atoms with E-state index in [4.69, 9.17) is 20.3 Å².